The first-order valence-electron chi connectivity index (χ1n) is 7.19. The third-order valence-electron chi connectivity index (χ3n) is 3.57. The molecule has 2 atom stereocenters. The summed E-state index contributed by atoms with van der Waals surface area (Å²) in [7, 11) is 0. The minimum atomic E-state index is -0.538. The number of ether oxygens (including phenoxy) is 1. The highest BCUT2D eigenvalue weighted by molar-refractivity contribution is 9.10. The molecule has 1 aromatic carbocycles. The number of amides is 1. The van der Waals surface area contributed by atoms with E-state index in [1.807, 2.05) is 45.0 Å². The Morgan fingerprint density at radius 2 is 1.95 bits per heavy atom. The van der Waals surface area contributed by atoms with Crippen LogP contribution in [-0.4, -0.2) is 34.3 Å². The molecule has 0 radical (unpaired) electrons. The van der Waals surface area contributed by atoms with Gasteiger partial charge in [0.2, 0.25) is 0 Å². The van der Waals surface area contributed by atoms with Crippen LogP contribution in [0.5, 0.6) is 0 Å². The molecule has 1 fully saturated rings. The predicted octanol–water partition coefficient (Wildman–Crippen LogP) is 3.88. The normalized spacial score (nSPS) is 22.4. The van der Waals surface area contributed by atoms with Crippen molar-refractivity contribution < 1.29 is 14.6 Å². The molecule has 1 aliphatic rings. The zero-order valence-corrected chi connectivity index (χ0v) is 14.3. The van der Waals surface area contributed by atoms with E-state index in [0.717, 1.165) is 22.9 Å². The lowest BCUT2D eigenvalue weighted by Crippen LogP contribution is -2.42. The van der Waals surface area contributed by atoms with Crippen molar-refractivity contribution in [1.29, 1.82) is 0 Å². The largest absolute Gasteiger partial charge is 0.444 e. The predicted molar refractivity (Wildman–Crippen MR) is 85.1 cm³/mol. The SMILES string of the molecule is CC(C)(C)OC(=O)N1[C@H](CO)CC[C@H]1c1ccc(Br)cc1. The molecule has 0 bridgehead atoms. The fourth-order valence-corrected chi connectivity index (χ4v) is 2.93. The van der Waals surface area contributed by atoms with Crippen molar-refractivity contribution in [3.63, 3.8) is 0 Å². The molecular weight excluding hydrogens is 334 g/mol. The number of nitrogens with zero attached hydrogens (tertiary/aromatic N) is 1. The highest BCUT2D eigenvalue weighted by atomic mass is 79.9. The molecule has 4 nitrogen and oxygen atoms in total. The average molecular weight is 356 g/mol. The van der Waals surface area contributed by atoms with Crippen LogP contribution in [0, 0.1) is 0 Å². The maximum atomic E-state index is 12.5. The van der Waals surface area contributed by atoms with Crippen molar-refractivity contribution in [2.75, 3.05) is 6.61 Å². The molecule has 1 saturated heterocycles. The Morgan fingerprint density at radius 3 is 2.48 bits per heavy atom. The average Bonchev–Trinajstić information content (AvgIpc) is 2.81. The molecule has 0 saturated carbocycles. The first-order chi connectivity index (χ1) is 9.81. The third kappa shape index (κ3) is 3.98. The Hall–Kier alpha value is -1.07. The summed E-state index contributed by atoms with van der Waals surface area (Å²) < 4.78 is 6.50. The number of hydrogen-bond acceptors (Lipinski definition) is 3. The van der Waals surface area contributed by atoms with Crippen LogP contribution >= 0.6 is 15.9 Å². The molecular formula is C16H22BrNO3. The fraction of sp³-hybridized carbons (Fsp3) is 0.562. The van der Waals surface area contributed by atoms with Gasteiger partial charge in [0.25, 0.3) is 0 Å². The smallest absolute Gasteiger partial charge is 0.411 e. The van der Waals surface area contributed by atoms with Gasteiger partial charge in [0.1, 0.15) is 5.60 Å². The zero-order valence-electron chi connectivity index (χ0n) is 12.7. The van der Waals surface area contributed by atoms with Gasteiger partial charge in [-0.25, -0.2) is 4.79 Å². The number of carbonyl (C=O) groups is 1. The molecule has 1 amide bonds. The van der Waals surface area contributed by atoms with E-state index in [9.17, 15) is 9.90 Å². The van der Waals surface area contributed by atoms with Crippen molar-refractivity contribution >= 4 is 22.0 Å². The topological polar surface area (TPSA) is 49.8 Å². The van der Waals surface area contributed by atoms with Gasteiger partial charge < -0.3 is 9.84 Å². The van der Waals surface area contributed by atoms with Gasteiger partial charge in [-0.15, -0.1) is 0 Å². The van der Waals surface area contributed by atoms with E-state index in [0.29, 0.717) is 0 Å². The van der Waals surface area contributed by atoms with Crippen LogP contribution in [0.3, 0.4) is 0 Å². The Morgan fingerprint density at radius 1 is 1.33 bits per heavy atom. The molecule has 0 aromatic heterocycles. The Balaban J connectivity index is 2.23. The van der Waals surface area contributed by atoms with Crippen LogP contribution in [0.2, 0.25) is 0 Å². The Bertz CT molecular complexity index is 495. The van der Waals surface area contributed by atoms with Crippen LogP contribution < -0.4 is 0 Å². The number of likely N-dealkylation sites (tertiary alicyclic amines) is 1. The number of aliphatic hydroxyl groups excluding tert-OH is 1. The Labute approximate surface area is 134 Å². The van der Waals surface area contributed by atoms with Crippen molar-refractivity contribution in [3.8, 4) is 0 Å². The van der Waals surface area contributed by atoms with E-state index in [2.05, 4.69) is 15.9 Å². The number of benzene rings is 1. The molecule has 2 rings (SSSR count). The van der Waals surface area contributed by atoms with E-state index < -0.39 is 5.60 Å². The van der Waals surface area contributed by atoms with Crippen molar-refractivity contribution in [1.82, 2.24) is 4.90 Å². The number of rotatable bonds is 2. The number of halogens is 1. The molecule has 1 heterocycles. The summed E-state index contributed by atoms with van der Waals surface area (Å²) in [5, 5.41) is 9.54. The first kappa shape index (κ1) is 16.3. The van der Waals surface area contributed by atoms with Gasteiger partial charge in [0.05, 0.1) is 18.7 Å². The van der Waals surface area contributed by atoms with Crippen LogP contribution in [0.4, 0.5) is 4.79 Å². The highest BCUT2D eigenvalue weighted by Gasteiger charge is 2.39. The summed E-state index contributed by atoms with van der Waals surface area (Å²) in [6.07, 6.45) is 1.27. The lowest BCUT2D eigenvalue weighted by molar-refractivity contribution is 0.00869. The second-order valence-corrected chi connectivity index (χ2v) is 7.28. The number of hydrogen-bond donors (Lipinski definition) is 1. The van der Waals surface area contributed by atoms with Crippen molar-refractivity contribution in [2.24, 2.45) is 0 Å². The van der Waals surface area contributed by atoms with Gasteiger partial charge in [0, 0.05) is 4.47 Å². The molecule has 1 aliphatic heterocycles. The van der Waals surface area contributed by atoms with E-state index in [1.165, 1.54) is 0 Å². The summed E-state index contributed by atoms with van der Waals surface area (Å²) >= 11 is 3.42. The molecule has 0 aliphatic carbocycles. The zero-order chi connectivity index (χ0) is 15.6. The summed E-state index contributed by atoms with van der Waals surface area (Å²) in [4.78, 5) is 14.2. The Kier molecular flexibility index (Phi) is 4.94. The summed E-state index contributed by atoms with van der Waals surface area (Å²) in [6.45, 7) is 5.52. The first-order valence-corrected chi connectivity index (χ1v) is 7.99. The van der Waals surface area contributed by atoms with Gasteiger partial charge in [-0.05, 0) is 51.3 Å². The van der Waals surface area contributed by atoms with Crippen molar-refractivity contribution in [3.05, 3.63) is 34.3 Å². The summed E-state index contributed by atoms with van der Waals surface area (Å²) in [5.74, 6) is 0. The second-order valence-electron chi connectivity index (χ2n) is 6.37. The summed E-state index contributed by atoms with van der Waals surface area (Å²) in [5.41, 5.74) is 0.532. The maximum Gasteiger partial charge on any atom is 0.411 e. The second kappa shape index (κ2) is 6.36. The lowest BCUT2D eigenvalue weighted by atomic mass is 10.1. The minimum absolute atomic E-state index is 0.0354. The van der Waals surface area contributed by atoms with Crippen LogP contribution in [-0.2, 0) is 4.74 Å². The van der Waals surface area contributed by atoms with Crippen molar-refractivity contribution in [2.45, 2.75) is 51.3 Å². The molecule has 1 N–H and O–H groups in total. The summed E-state index contributed by atoms with van der Waals surface area (Å²) in [6, 6.07) is 7.74. The molecule has 1 aromatic rings. The third-order valence-corrected chi connectivity index (χ3v) is 4.10. The lowest BCUT2D eigenvalue weighted by Gasteiger charge is -2.32. The molecule has 21 heavy (non-hydrogen) atoms. The molecule has 116 valence electrons. The fourth-order valence-electron chi connectivity index (χ4n) is 2.67. The van der Waals surface area contributed by atoms with Crippen LogP contribution in [0.15, 0.2) is 28.7 Å². The van der Waals surface area contributed by atoms with Gasteiger partial charge >= 0.3 is 6.09 Å². The van der Waals surface area contributed by atoms with Crippen LogP contribution in [0.1, 0.15) is 45.2 Å². The van der Waals surface area contributed by atoms with Gasteiger partial charge in [-0.1, -0.05) is 28.1 Å². The number of carbonyl (C=O) groups excluding carboxylic acids is 1. The monoisotopic (exact) mass is 355 g/mol. The van der Waals surface area contributed by atoms with Crippen LogP contribution in [0.25, 0.3) is 0 Å². The van der Waals surface area contributed by atoms with E-state index >= 15 is 0 Å². The molecule has 5 heteroatoms. The maximum absolute atomic E-state index is 12.5. The quantitative estimate of drug-likeness (QED) is 0.875. The van der Waals surface area contributed by atoms with E-state index in [1.54, 1.807) is 4.90 Å². The van der Waals surface area contributed by atoms with E-state index in [-0.39, 0.29) is 24.8 Å². The molecule has 0 spiro atoms. The highest BCUT2D eigenvalue weighted by Crippen LogP contribution is 2.37. The van der Waals surface area contributed by atoms with E-state index in [4.69, 9.17) is 4.74 Å². The van der Waals surface area contributed by atoms with Gasteiger partial charge in [-0.2, -0.15) is 0 Å². The number of aliphatic hydroxyl groups is 1. The van der Waals surface area contributed by atoms with Gasteiger partial charge in [-0.3, -0.25) is 4.90 Å². The van der Waals surface area contributed by atoms with Gasteiger partial charge in [0.15, 0.2) is 0 Å². The standard InChI is InChI=1S/C16H22BrNO3/c1-16(2,3)21-15(20)18-13(10-19)8-9-14(18)11-4-6-12(17)7-5-11/h4-7,13-14,19H,8-10H2,1-3H3/t13-,14-/m0/s1. The minimum Gasteiger partial charge on any atom is -0.444 e. The molecule has 0 unspecified atom stereocenters.